The molecule has 96 valence electrons. The van der Waals surface area contributed by atoms with Gasteiger partial charge in [-0.2, -0.15) is 0 Å². The average molecular weight is 244 g/mol. The van der Waals surface area contributed by atoms with Crippen LogP contribution in [0.25, 0.3) is 0 Å². The van der Waals surface area contributed by atoms with E-state index in [1.165, 1.54) is 12.8 Å². The molecule has 1 aliphatic carbocycles. The summed E-state index contributed by atoms with van der Waals surface area (Å²) >= 11 is 0. The third kappa shape index (κ3) is 1.93. The van der Waals surface area contributed by atoms with Crippen LogP contribution in [-0.2, 0) is 0 Å². The Morgan fingerprint density at radius 1 is 1.22 bits per heavy atom. The van der Waals surface area contributed by atoms with Gasteiger partial charge in [0.15, 0.2) is 0 Å². The Labute approximate surface area is 108 Å². The van der Waals surface area contributed by atoms with Gasteiger partial charge in [0.05, 0.1) is 5.54 Å². The lowest BCUT2D eigenvalue weighted by Gasteiger charge is -2.48. The SMILES string of the molecule is Cc1cc(C)cc(C(=O)N2CC(N)(C3CC3)C2)c1. The van der Waals surface area contributed by atoms with Crippen molar-refractivity contribution in [1.29, 1.82) is 0 Å². The molecule has 0 unspecified atom stereocenters. The number of carbonyl (C=O) groups excluding carboxylic acids is 1. The summed E-state index contributed by atoms with van der Waals surface area (Å²) in [6, 6.07) is 6.01. The molecule has 0 atom stereocenters. The first-order valence-corrected chi connectivity index (χ1v) is 6.64. The van der Waals surface area contributed by atoms with Crippen LogP contribution < -0.4 is 5.73 Å². The van der Waals surface area contributed by atoms with Gasteiger partial charge in [0.25, 0.3) is 5.91 Å². The van der Waals surface area contributed by atoms with Crippen molar-refractivity contribution >= 4 is 5.91 Å². The lowest BCUT2D eigenvalue weighted by atomic mass is 9.85. The molecule has 1 saturated carbocycles. The fraction of sp³-hybridized carbons (Fsp3) is 0.533. The minimum atomic E-state index is -0.0888. The first-order chi connectivity index (χ1) is 8.48. The van der Waals surface area contributed by atoms with Crippen LogP contribution in [0.5, 0.6) is 0 Å². The van der Waals surface area contributed by atoms with Crippen molar-refractivity contribution in [1.82, 2.24) is 4.90 Å². The first kappa shape index (κ1) is 11.7. The summed E-state index contributed by atoms with van der Waals surface area (Å²) in [7, 11) is 0. The molecule has 3 heteroatoms. The molecule has 1 aromatic carbocycles. The summed E-state index contributed by atoms with van der Waals surface area (Å²) in [5.41, 5.74) is 9.27. The highest BCUT2D eigenvalue weighted by atomic mass is 16.2. The lowest BCUT2D eigenvalue weighted by Crippen LogP contribution is -2.69. The number of hydrogen-bond acceptors (Lipinski definition) is 2. The molecule has 0 bridgehead atoms. The van der Waals surface area contributed by atoms with Gasteiger partial charge in [0, 0.05) is 18.7 Å². The van der Waals surface area contributed by atoms with Crippen LogP contribution in [-0.4, -0.2) is 29.4 Å². The van der Waals surface area contributed by atoms with Crippen LogP contribution in [0, 0.1) is 19.8 Å². The Morgan fingerprint density at radius 2 is 1.78 bits per heavy atom. The van der Waals surface area contributed by atoms with E-state index in [2.05, 4.69) is 6.07 Å². The van der Waals surface area contributed by atoms with E-state index in [1.54, 1.807) is 0 Å². The molecular formula is C15H20N2O. The number of nitrogens with two attached hydrogens (primary N) is 1. The van der Waals surface area contributed by atoms with Gasteiger partial charge in [-0.15, -0.1) is 0 Å². The van der Waals surface area contributed by atoms with Gasteiger partial charge in [-0.3, -0.25) is 4.79 Å². The molecule has 3 nitrogen and oxygen atoms in total. The average Bonchev–Trinajstić information content (AvgIpc) is 3.06. The van der Waals surface area contributed by atoms with Crippen molar-refractivity contribution in [3.05, 3.63) is 34.9 Å². The molecule has 1 aliphatic heterocycles. The molecular weight excluding hydrogens is 224 g/mol. The second-order valence-electron chi connectivity index (χ2n) is 6.05. The fourth-order valence-corrected chi connectivity index (χ4v) is 3.01. The van der Waals surface area contributed by atoms with E-state index in [-0.39, 0.29) is 11.4 Å². The number of amides is 1. The molecule has 1 aromatic rings. The zero-order valence-corrected chi connectivity index (χ0v) is 11.1. The highest BCUT2D eigenvalue weighted by Crippen LogP contribution is 2.43. The van der Waals surface area contributed by atoms with E-state index in [1.807, 2.05) is 30.9 Å². The summed E-state index contributed by atoms with van der Waals surface area (Å²) in [5.74, 6) is 0.782. The summed E-state index contributed by atoms with van der Waals surface area (Å²) in [5, 5.41) is 0. The van der Waals surface area contributed by atoms with Crippen molar-refractivity contribution < 1.29 is 4.79 Å². The first-order valence-electron chi connectivity index (χ1n) is 6.64. The zero-order valence-electron chi connectivity index (χ0n) is 11.1. The number of carbonyl (C=O) groups is 1. The smallest absolute Gasteiger partial charge is 0.254 e. The van der Waals surface area contributed by atoms with E-state index in [0.717, 1.165) is 29.8 Å². The van der Waals surface area contributed by atoms with Crippen molar-refractivity contribution in [2.24, 2.45) is 11.7 Å². The van der Waals surface area contributed by atoms with Gasteiger partial charge in [-0.25, -0.2) is 0 Å². The number of aryl methyl sites for hydroxylation is 2. The van der Waals surface area contributed by atoms with E-state index in [0.29, 0.717) is 5.92 Å². The minimum Gasteiger partial charge on any atom is -0.335 e. The third-order valence-electron chi connectivity index (χ3n) is 4.12. The maximum absolute atomic E-state index is 12.3. The quantitative estimate of drug-likeness (QED) is 0.863. The molecule has 1 heterocycles. The Kier molecular flexibility index (Phi) is 2.49. The molecule has 0 spiro atoms. The van der Waals surface area contributed by atoms with E-state index < -0.39 is 0 Å². The highest BCUT2D eigenvalue weighted by molar-refractivity contribution is 5.95. The van der Waals surface area contributed by atoms with E-state index in [9.17, 15) is 4.79 Å². The Bertz CT molecular complexity index is 479. The standard InChI is InChI=1S/C15H20N2O/c1-10-5-11(2)7-12(6-10)14(18)17-8-15(16,9-17)13-3-4-13/h5-7,13H,3-4,8-9,16H2,1-2H3. The summed E-state index contributed by atoms with van der Waals surface area (Å²) in [6.07, 6.45) is 2.48. The third-order valence-corrected chi connectivity index (χ3v) is 4.12. The Morgan fingerprint density at radius 3 is 2.28 bits per heavy atom. The molecule has 0 aromatic heterocycles. The van der Waals surface area contributed by atoms with Crippen molar-refractivity contribution in [3.63, 3.8) is 0 Å². The predicted molar refractivity (Wildman–Crippen MR) is 71.5 cm³/mol. The summed E-state index contributed by atoms with van der Waals surface area (Å²) in [6.45, 7) is 5.50. The minimum absolute atomic E-state index is 0.0888. The van der Waals surface area contributed by atoms with Gasteiger partial charge in [0.2, 0.25) is 0 Å². The van der Waals surface area contributed by atoms with Crippen LogP contribution in [0.4, 0.5) is 0 Å². The zero-order chi connectivity index (χ0) is 12.9. The van der Waals surface area contributed by atoms with Gasteiger partial charge in [-0.05, 0) is 44.7 Å². The number of nitrogens with zero attached hydrogens (tertiary/aromatic N) is 1. The molecule has 0 radical (unpaired) electrons. The summed E-state index contributed by atoms with van der Waals surface area (Å²) < 4.78 is 0. The molecule has 2 fully saturated rings. The highest BCUT2D eigenvalue weighted by Gasteiger charge is 2.51. The number of hydrogen-bond donors (Lipinski definition) is 1. The molecule has 1 amide bonds. The van der Waals surface area contributed by atoms with Crippen LogP contribution in [0.15, 0.2) is 18.2 Å². The molecule has 2 N–H and O–H groups in total. The maximum Gasteiger partial charge on any atom is 0.254 e. The lowest BCUT2D eigenvalue weighted by molar-refractivity contribution is 0.0350. The number of rotatable bonds is 2. The van der Waals surface area contributed by atoms with Crippen LogP contribution >= 0.6 is 0 Å². The second kappa shape index (κ2) is 3.82. The molecule has 1 saturated heterocycles. The predicted octanol–water partition coefficient (Wildman–Crippen LogP) is 1.87. The maximum atomic E-state index is 12.3. The largest absolute Gasteiger partial charge is 0.335 e. The number of benzene rings is 1. The topological polar surface area (TPSA) is 46.3 Å². The van der Waals surface area contributed by atoms with E-state index in [4.69, 9.17) is 5.73 Å². The van der Waals surface area contributed by atoms with Crippen LogP contribution in [0.3, 0.4) is 0 Å². The number of likely N-dealkylation sites (tertiary alicyclic amines) is 1. The fourth-order valence-electron chi connectivity index (χ4n) is 3.01. The molecule has 18 heavy (non-hydrogen) atoms. The summed E-state index contributed by atoms with van der Waals surface area (Å²) in [4.78, 5) is 14.2. The van der Waals surface area contributed by atoms with Gasteiger partial charge in [-0.1, -0.05) is 17.2 Å². The van der Waals surface area contributed by atoms with Gasteiger partial charge < -0.3 is 10.6 Å². The van der Waals surface area contributed by atoms with Crippen molar-refractivity contribution in [2.45, 2.75) is 32.2 Å². The second-order valence-corrected chi connectivity index (χ2v) is 6.05. The molecule has 3 rings (SSSR count). The molecule has 2 aliphatic rings. The van der Waals surface area contributed by atoms with E-state index >= 15 is 0 Å². The van der Waals surface area contributed by atoms with Crippen LogP contribution in [0.1, 0.15) is 34.3 Å². The van der Waals surface area contributed by atoms with Crippen LogP contribution in [0.2, 0.25) is 0 Å². The Balaban J connectivity index is 1.72. The monoisotopic (exact) mass is 244 g/mol. The Hall–Kier alpha value is -1.35. The van der Waals surface area contributed by atoms with Crippen molar-refractivity contribution in [3.8, 4) is 0 Å². The van der Waals surface area contributed by atoms with Crippen molar-refractivity contribution in [2.75, 3.05) is 13.1 Å². The normalized spacial score (nSPS) is 21.6. The van der Waals surface area contributed by atoms with Gasteiger partial charge in [0.1, 0.15) is 0 Å². The van der Waals surface area contributed by atoms with Gasteiger partial charge >= 0.3 is 0 Å².